The highest BCUT2D eigenvalue weighted by molar-refractivity contribution is 6.04. The molecule has 208 valence electrons. The van der Waals surface area contributed by atoms with E-state index in [0.717, 1.165) is 43.7 Å². The molecule has 5 rings (SSSR count). The second kappa shape index (κ2) is 10.9. The quantitative estimate of drug-likeness (QED) is 0.468. The second-order valence-corrected chi connectivity index (χ2v) is 10.5. The van der Waals surface area contributed by atoms with Gasteiger partial charge in [-0.15, -0.1) is 10.2 Å². The Balaban J connectivity index is 1.40. The fourth-order valence-electron chi connectivity index (χ4n) is 5.25. The number of hydrogen-bond donors (Lipinski definition) is 1. The number of alkyl halides is 3. The molecule has 9 nitrogen and oxygen atoms in total. The van der Waals surface area contributed by atoms with Crippen molar-refractivity contribution in [2.24, 2.45) is 7.05 Å². The summed E-state index contributed by atoms with van der Waals surface area (Å²) in [5.41, 5.74) is 0.200. The molecule has 4 heterocycles. The Labute approximate surface area is 223 Å². The smallest absolute Gasteiger partial charge is 0.379 e. The summed E-state index contributed by atoms with van der Waals surface area (Å²) in [5, 5.41) is 10.8. The zero-order valence-electron chi connectivity index (χ0n) is 21.7. The highest BCUT2D eigenvalue weighted by Crippen LogP contribution is 2.36. The number of carbonyl (C=O) groups is 1. The highest BCUT2D eigenvalue weighted by Gasteiger charge is 2.42. The van der Waals surface area contributed by atoms with E-state index in [4.69, 9.17) is 4.74 Å². The van der Waals surface area contributed by atoms with Crippen molar-refractivity contribution >= 4 is 11.6 Å². The van der Waals surface area contributed by atoms with E-state index in [9.17, 15) is 22.8 Å². The van der Waals surface area contributed by atoms with Crippen LogP contribution in [0.2, 0.25) is 0 Å². The van der Waals surface area contributed by atoms with Gasteiger partial charge in [-0.05, 0) is 55.3 Å². The van der Waals surface area contributed by atoms with Crippen molar-refractivity contribution in [2.75, 3.05) is 31.6 Å². The first-order valence-electron chi connectivity index (χ1n) is 13.0. The van der Waals surface area contributed by atoms with Gasteiger partial charge in [0.25, 0.3) is 11.5 Å². The summed E-state index contributed by atoms with van der Waals surface area (Å²) in [4.78, 5) is 28.4. The predicted molar refractivity (Wildman–Crippen MR) is 137 cm³/mol. The van der Waals surface area contributed by atoms with Crippen LogP contribution in [-0.2, 0) is 36.7 Å². The minimum absolute atomic E-state index is 0.320. The SMILES string of the molecule is Cn1cnnc1CC1(c2cccc(NC(=O)c3cc(CN4CCCCC4)cn(CC(F)(F)F)c3=O)c2)COC1. The van der Waals surface area contributed by atoms with Gasteiger partial charge >= 0.3 is 6.18 Å². The lowest BCUT2D eigenvalue weighted by Gasteiger charge is -2.41. The number of piperidine rings is 1. The summed E-state index contributed by atoms with van der Waals surface area (Å²) in [5.74, 6) is 0.0456. The number of benzene rings is 1. The molecule has 2 aliphatic heterocycles. The van der Waals surface area contributed by atoms with Crippen molar-refractivity contribution < 1.29 is 22.7 Å². The minimum Gasteiger partial charge on any atom is -0.379 e. The van der Waals surface area contributed by atoms with Crippen LogP contribution >= 0.6 is 0 Å². The first-order valence-corrected chi connectivity index (χ1v) is 13.0. The lowest BCUT2D eigenvalue weighted by atomic mass is 9.75. The number of ether oxygens (including phenoxy) is 1. The Bertz CT molecular complexity index is 1390. The summed E-state index contributed by atoms with van der Waals surface area (Å²) < 4.78 is 47.7. The number of carbonyl (C=O) groups excluding carboxylic acids is 1. The third-order valence-electron chi connectivity index (χ3n) is 7.38. The lowest BCUT2D eigenvalue weighted by Crippen LogP contribution is -2.49. The number of aryl methyl sites for hydroxylation is 1. The van der Waals surface area contributed by atoms with Crippen LogP contribution in [0.25, 0.3) is 0 Å². The van der Waals surface area contributed by atoms with Crippen LogP contribution in [0, 0.1) is 0 Å². The molecule has 0 saturated carbocycles. The van der Waals surface area contributed by atoms with Crippen LogP contribution in [0.5, 0.6) is 0 Å². The number of nitrogens with one attached hydrogen (secondary N) is 1. The van der Waals surface area contributed by atoms with Gasteiger partial charge in [-0.2, -0.15) is 13.2 Å². The van der Waals surface area contributed by atoms with Gasteiger partial charge < -0.3 is 19.2 Å². The number of nitrogens with zero attached hydrogens (tertiary/aromatic N) is 5. The first-order chi connectivity index (χ1) is 18.6. The van der Waals surface area contributed by atoms with Crippen LogP contribution < -0.4 is 10.9 Å². The van der Waals surface area contributed by atoms with Gasteiger partial charge in [0.05, 0.1) is 13.2 Å². The van der Waals surface area contributed by atoms with Gasteiger partial charge in [-0.3, -0.25) is 14.5 Å². The Morgan fingerprint density at radius 1 is 1.15 bits per heavy atom. The van der Waals surface area contributed by atoms with Gasteiger partial charge in [0.2, 0.25) is 0 Å². The molecule has 3 aromatic rings. The van der Waals surface area contributed by atoms with Crippen molar-refractivity contribution in [3.05, 3.63) is 75.7 Å². The van der Waals surface area contributed by atoms with Crippen molar-refractivity contribution in [3.63, 3.8) is 0 Å². The summed E-state index contributed by atoms with van der Waals surface area (Å²) in [6.07, 6.45) is 1.96. The summed E-state index contributed by atoms with van der Waals surface area (Å²) in [6.45, 7) is 1.51. The zero-order valence-corrected chi connectivity index (χ0v) is 21.7. The Hall–Kier alpha value is -3.51. The van der Waals surface area contributed by atoms with E-state index in [-0.39, 0.29) is 11.0 Å². The number of likely N-dealkylation sites (tertiary alicyclic amines) is 1. The molecule has 12 heteroatoms. The van der Waals surface area contributed by atoms with E-state index in [1.807, 2.05) is 23.7 Å². The largest absolute Gasteiger partial charge is 0.406 e. The van der Waals surface area contributed by atoms with E-state index in [0.29, 0.717) is 42.0 Å². The molecule has 0 atom stereocenters. The molecule has 1 aromatic carbocycles. The molecule has 2 aromatic heterocycles. The predicted octanol–water partition coefficient (Wildman–Crippen LogP) is 3.29. The van der Waals surface area contributed by atoms with Crippen LogP contribution in [0.3, 0.4) is 0 Å². The minimum atomic E-state index is -4.60. The fourth-order valence-corrected chi connectivity index (χ4v) is 5.25. The maximum atomic E-state index is 13.3. The van der Waals surface area contributed by atoms with Crippen LogP contribution in [0.15, 0.2) is 47.7 Å². The number of amides is 1. The van der Waals surface area contributed by atoms with E-state index in [1.165, 1.54) is 12.3 Å². The van der Waals surface area contributed by atoms with E-state index >= 15 is 0 Å². The lowest BCUT2D eigenvalue weighted by molar-refractivity contribution is -0.141. The topological polar surface area (TPSA) is 94.3 Å². The van der Waals surface area contributed by atoms with E-state index in [2.05, 4.69) is 20.4 Å². The molecule has 2 fully saturated rings. The fraction of sp³-hybridized carbons (Fsp3) is 0.481. The molecule has 2 saturated heterocycles. The first kappa shape index (κ1) is 27.1. The van der Waals surface area contributed by atoms with Crippen molar-refractivity contribution in [3.8, 4) is 0 Å². The molecule has 0 aliphatic carbocycles. The summed E-state index contributed by atoms with van der Waals surface area (Å²) in [7, 11) is 1.87. The molecule has 0 radical (unpaired) electrons. The monoisotopic (exact) mass is 544 g/mol. The van der Waals surface area contributed by atoms with Gasteiger partial charge in [0, 0.05) is 37.3 Å². The number of anilines is 1. The van der Waals surface area contributed by atoms with Crippen molar-refractivity contribution in [1.29, 1.82) is 0 Å². The molecule has 0 spiro atoms. The number of rotatable bonds is 8. The normalized spacial score (nSPS) is 17.5. The van der Waals surface area contributed by atoms with Gasteiger partial charge in [0.1, 0.15) is 24.3 Å². The number of aromatic nitrogens is 4. The summed E-state index contributed by atoms with van der Waals surface area (Å²) in [6, 6.07) is 8.63. The molecule has 1 amide bonds. The standard InChI is InChI=1S/C27H31F3N6O3/c1-34-18-31-33-23(34)12-26(16-39-17-26)20-6-5-7-21(11-20)32-24(37)22-10-19(13-35-8-3-2-4-9-35)14-36(25(22)38)15-27(28,29)30/h5-7,10-11,14,18H,2-4,8-9,12-13,15-17H2,1H3,(H,32,37). The van der Waals surface area contributed by atoms with Gasteiger partial charge in [0.15, 0.2) is 0 Å². The Morgan fingerprint density at radius 2 is 1.92 bits per heavy atom. The highest BCUT2D eigenvalue weighted by atomic mass is 19.4. The number of pyridine rings is 1. The Morgan fingerprint density at radius 3 is 2.56 bits per heavy atom. The Kier molecular flexibility index (Phi) is 7.59. The molecule has 1 N–H and O–H groups in total. The molecule has 39 heavy (non-hydrogen) atoms. The zero-order chi connectivity index (χ0) is 27.6. The third-order valence-corrected chi connectivity index (χ3v) is 7.38. The van der Waals surface area contributed by atoms with Crippen molar-refractivity contribution in [2.45, 2.75) is 50.4 Å². The molecular formula is C27H31F3N6O3. The molecule has 0 bridgehead atoms. The maximum Gasteiger partial charge on any atom is 0.406 e. The van der Waals surface area contributed by atoms with Crippen LogP contribution in [0.1, 0.15) is 46.6 Å². The van der Waals surface area contributed by atoms with Crippen molar-refractivity contribution in [1.82, 2.24) is 24.2 Å². The van der Waals surface area contributed by atoms with E-state index in [1.54, 1.807) is 18.5 Å². The molecular weight excluding hydrogens is 513 g/mol. The van der Waals surface area contributed by atoms with Gasteiger partial charge in [-0.1, -0.05) is 18.6 Å². The molecule has 0 unspecified atom stereocenters. The molecule has 2 aliphatic rings. The third kappa shape index (κ3) is 6.22. The second-order valence-electron chi connectivity index (χ2n) is 10.5. The number of halogens is 3. The van der Waals surface area contributed by atoms with E-state index < -0.39 is 24.2 Å². The van der Waals surface area contributed by atoms with Crippen LogP contribution in [0.4, 0.5) is 18.9 Å². The average molecular weight is 545 g/mol. The number of hydrogen-bond acceptors (Lipinski definition) is 6. The van der Waals surface area contributed by atoms with Gasteiger partial charge in [-0.25, -0.2) is 0 Å². The summed E-state index contributed by atoms with van der Waals surface area (Å²) >= 11 is 0. The average Bonchev–Trinajstić information content (AvgIpc) is 3.27. The maximum absolute atomic E-state index is 13.3. The van der Waals surface area contributed by atoms with Crippen LogP contribution in [-0.4, -0.2) is 62.6 Å².